The van der Waals surface area contributed by atoms with E-state index >= 15 is 0 Å². The lowest BCUT2D eigenvalue weighted by atomic mass is 9.84. The predicted molar refractivity (Wildman–Crippen MR) is 59.3 cm³/mol. The van der Waals surface area contributed by atoms with Gasteiger partial charge < -0.3 is 9.67 Å². The van der Waals surface area contributed by atoms with Crippen LogP contribution in [0.25, 0.3) is 0 Å². The molecule has 1 aromatic rings. The molecule has 0 amide bonds. The molecule has 0 aromatic carbocycles. The van der Waals surface area contributed by atoms with Crippen LogP contribution in [0.2, 0.25) is 0 Å². The number of carboxylic acid groups (broad SMARTS) is 1. The van der Waals surface area contributed by atoms with Crippen LogP contribution in [0, 0.1) is 5.92 Å². The maximum atomic E-state index is 11.7. The quantitative estimate of drug-likeness (QED) is 0.826. The number of rotatable bonds is 2. The van der Waals surface area contributed by atoms with Gasteiger partial charge in [-0.2, -0.15) is 0 Å². The van der Waals surface area contributed by atoms with E-state index in [1.807, 2.05) is 0 Å². The van der Waals surface area contributed by atoms with Crippen molar-refractivity contribution in [1.82, 2.24) is 4.57 Å². The van der Waals surface area contributed by atoms with Gasteiger partial charge in [-0.05, 0) is 18.9 Å². The topological polar surface area (TPSA) is 59.3 Å². The largest absolute Gasteiger partial charge is 0.481 e. The van der Waals surface area contributed by atoms with Crippen LogP contribution in [-0.4, -0.2) is 15.6 Å². The van der Waals surface area contributed by atoms with E-state index in [1.165, 1.54) is 6.07 Å². The summed E-state index contributed by atoms with van der Waals surface area (Å²) in [5.74, 6) is -1.21. The third kappa shape index (κ3) is 2.01. The summed E-state index contributed by atoms with van der Waals surface area (Å²) in [5.41, 5.74) is -0.111. The van der Waals surface area contributed by atoms with Crippen LogP contribution in [0.15, 0.2) is 29.2 Å². The summed E-state index contributed by atoms with van der Waals surface area (Å²) in [6.45, 7) is 0. The summed E-state index contributed by atoms with van der Waals surface area (Å²) < 4.78 is 1.57. The molecule has 0 radical (unpaired) electrons. The molecule has 0 aliphatic heterocycles. The first-order chi connectivity index (χ1) is 7.70. The van der Waals surface area contributed by atoms with Gasteiger partial charge in [-0.3, -0.25) is 9.59 Å². The van der Waals surface area contributed by atoms with Crippen molar-refractivity contribution in [2.75, 3.05) is 0 Å². The van der Waals surface area contributed by atoms with Crippen molar-refractivity contribution in [1.29, 1.82) is 0 Å². The van der Waals surface area contributed by atoms with Crippen LogP contribution in [-0.2, 0) is 4.79 Å². The molecule has 2 unspecified atom stereocenters. The summed E-state index contributed by atoms with van der Waals surface area (Å²) in [6, 6.07) is 4.75. The van der Waals surface area contributed by atoms with Crippen molar-refractivity contribution in [3.05, 3.63) is 34.7 Å². The molecular formula is C12H15NO3. The van der Waals surface area contributed by atoms with Crippen LogP contribution in [0.1, 0.15) is 31.7 Å². The van der Waals surface area contributed by atoms with Gasteiger partial charge >= 0.3 is 5.97 Å². The summed E-state index contributed by atoms with van der Waals surface area (Å²) >= 11 is 0. The zero-order chi connectivity index (χ0) is 11.5. The molecule has 1 aromatic heterocycles. The molecule has 4 nitrogen and oxygen atoms in total. The van der Waals surface area contributed by atoms with Gasteiger partial charge in [-0.1, -0.05) is 18.9 Å². The summed E-state index contributed by atoms with van der Waals surface area (Å²) in [5, 5.41) is 9.15. The van der Waals surface area contributed by atoms with Crippen LogP contribution in [0.4, 0.5) is 0 Å². The highest BCUT2D eigenvalue weighted by Gasteiger charge is 2.32. The van der Waals surface area contributed by atoms with E-state index in [2.05, 4.69) is 0 Å². The highest BCUT2D eigenvalue weighted by atomic mass is 16.4. The minimum Gasteiger partial charge on any atom is -0.481 e. The number of carboxylic acids is 1. The Kier molecular flexibility index (Phi) is 3.08. The molecule has 1 saturated carbocycles. The molecule has 1 aliphatic rings. The van der Waals surface area contributed by atoms with Crippen molar-refractivity contribution in [2.45, 2.75) is 31.7 Å². The Morgan fingerprint density at radius 2 is 2.06 bits per heavy atom. The number of hydrogen-bond acceptors (Lipinski definition) is 2. The molecule has 0 saturated heterocycles. The molecule has 1 fully saturated rings. The lowest BCUT2D eigenvalue weighted by Gasteiger charge is -2.29. The zero-order valence-electron chi connectivity index (χ0n) is 9.00. The Labute approximate surface area is 93.5 Å². The smallest absolute Gasteiger partial charge is 0.308 e. The van der Waals surface area contributed by atoms with Crippen molar-refractivity contribution in [2.24, 2.45) is 5.92 Å². The number of carbonyl (C=O) groups is 1. The van der Waals surface area contributed by atoms with Crippen LogP contribution in [0.3, 0.4) is 0 Å². The number of hydrogen-bond donors (Lipinski definition) is 1. The van der Waals surface area contributed by atoms with Gasteiger partial charge in [0.25, 0.3) is 5.56 Å². The average Bonchev–Trinajstić information content (AvgIpc) is 2.29. The monoisotopic (exact) mass is 221 g/mol. The summed E-state index contributed by atoms with van der Waals surface area (Å²) in [6.07, 6.45) is 5.07. The van der Waals surface area contributed by atoms with E-state index in [0.29, 0.717) is 6.42 Å². The van der Waals surface area contributed by atoms with Crippen molar-refractivity contribution >= 4 is 5.97 Å². The van der Waals surface area contributed by atoms with Gasteiger partial charge in [0.05, 0.1) is 5.92 Å². The van der Waals surface area contributed by atoms with Gasteiger partial charge in [-0.15, -0.1) is 0 Å². The predicted octanol–water partition coefficient (Wildman–Crippen LogP) is 1.66. The summed E-state index contributed by atoms with van der Waals surface area (Å²) in [7, 11) is 0. The molecule has 1 N–H and O–H groups in total. The minimum atomic E-state index is -0.791. The third-order valence-electron chi connectivity index (χ3n) is 3.26. The molecule has 0 bridgehead atoms. The van der Waals surface area contributed by atoms with Crippen molar-refractivity contribution in [3.63, 3.8) is 0 Å². The number of aromatic nitrogens is 1. The van der Waals surface area contributed by atoms with E-state index in [1.54, 1.807) is 22.9 Å². The number of nitrogens with zero attached hydrogens (tertiary/aromatic N) is 1. The standard InChI is InChI=1S/C12H15NO3/c14-11-7-3-4-8-13(11)10-6-2-1-5-9(10)12(15)16/h3-4,7-10H,1-2,5-6H2,(H,15,16). The second-order valence-electron chi connectivity index (χ2n) is 4.24. The minimum absolute atomic E-state index is 0.111. The Hall–Kier alpha value is -1.58. The molecule has 2 atom stereocenters. The van der Waals surface area contributed by atoms with E-state index in [0.717, 1.165) is 19.3 Å². The molecule has 2 rings (SSSR count). The highest BCUT2D eigenvalue weighted by Crippen LogP contribution is 2.33. The number of aliphatic carboxylic acids is 1. The lowest BCUT2D eigenvalue weighted by Crippen LogP contribution is -2.34. The summed E-state index contributed by atoms with van der Waals surface area (Å²) in [4.78, 5) is 22.8. The van der Waals surface area contributed by atoms with Gasteiger partial charge in [0, 0.05) is 18.3 Å². The zero-order valence-corrected chi connectivity index (χ0v) is 9.00. The molecule has 1 aliphatic carbocycles. The van der Waals surface area contributed by atoms with Crippen molar-refractivity contribution < 1.29 is 9.90 Å². The molecular weight excluding hydrogens is 206 g/mol. The molecule has 86 valence electrons. The Morgan fingerprint density at radius 3 is 2.75 bits per heavy atom. The molecule has 16 heavy (non-hydrogen) atoms. The fraction of sp³-hybridized carbons (Fsp3) is 0.500. The molecule has 4 heteroatoms. The normalized spacial score (nSPS) is 25.2. The van der Waals surface area contributed by atoms with Gasteiger partial charge in [-0.25, -0.2) is 0 Å². The first kappa shape index (κ1) is 10.9. The maximum Gasteiger partial charge on any atom is 0.308 e. The fourth-order valence-corrected chi connectivity index (χ4v) is 2.45. The van der Waals surface area contributed by atoms with E-state index < -0.39 is 11.9 Å². The van der Waals surface area contributed by atoms with Gasteiger partial charge in [0.1, 0.15) is 0 Å². The molecule has 1 heterocycles. The van der Waals surface area contributed by atoms with E-state index in [4.69, 9.17) is 5.11 Å². The Bertz CT molecular complexity index is 438. The van der Waals surface area contributed by atoms with Gasteiger partial charge in [0.2, 0.25) is 0 Å². The first-order valence-corrected chi connectivity index (χ1v) is 5.60. The second-order valence-corrected chi connectivity index (χ2v) is 4.24. The SMILES string of the molecule is O=C(O)C1CCCCC1n1ccccc1=O. The van der Waals surface area contributed by atoms with Crippen LogP contribution < -0.4 is 5.56 Å². The van der Waals surface area contributed by atoms with E-state index in [9.17, 15) is 9.59 Å². The lowest BCUT2D eigenvalue weighted by molar-refractivity contribution is -0.144. The Balaban J connectivity index is 2.34. The molecule has 0 spiro atoms. The Morgan fingerprint density at radius 1 is 1.31 bits per heavy atom. The van der Waals surface area contributed by atoms with Gasteiger partial charge in [0.15, 0.2) is 0 Å². The van der Waals surface area contributed by atoms with Crippen LogP contribution in [0.5, 0.6) is 0 Å². The number of pyridine rings is 1. The fourth-order valence-electron chi connectivity index (χ4n) is 2.45. The van der Waals surface area contributed by atoms with E-state index in [-0.39, 0.29) is 11.6 Å². The second kappa shape index (κ2) is 4.51. The van der Waals surface area contributed by atoms with Crippen molar-refractivity contribution in [3.8, 4) is 0 Å². The highest BCUT2D eigenvalue weighted by molar-refractivity contribution is 5.70. The third-order valence-corrected chi connectivity index (χ3v) is 3.26. The van der Waals surface area contributed by atoms with Crippen LogP contribution >= 0.6 is 0 Å². The first-order valence-electron chi connectivity index (χ1n) is 5.60. The average molecular weight is 221 g/mol. The maximum absolute atomic E-state index is 11.7.